The number of carbonyl (C=O) groups is 3. The second-order valence-electron chi connectivity index (χ2n) is 7.46. The Balaban J connectivity index is 1.46. The Hall–Kier alpha value is -4.60. The Morgan fingerprint density at radius 3 is 2.54 bits per heavy atom. The molecule has 0 saturated carbocycles. The molecular weight excluding hydrogens is 459 g/mol. The first kappa shape index (κ1) is 23.6. The van der Waals surface area contributed by atoms with E-state index in [0.29, 0.717) is 17.1 Å². The molecular formula is C25H21FN2O7. The number of hydrogen-bond acceptors (Lipinski definition) is 7. The maximum Gasteiger partial charge on any atom is 0.373 e. The van der Waals surface area contributed by atoms with E-state index in [1.807, 2.05) is 0 Å². The van der Waals surface area contributed by atoms with Crippen LogP contribution in [0.2, 0.25) is 0 Å². The first-order valence-corrected chi connectivity index (χ1v) is 10.4. The zero-order chi connectivity index (χ0) is 24.9. The van der Waals surface area contributed by atoms with E-state index in [1.165, 1.54) is 44.6 Å². The van der Waals surface area contributed by atoms with Gasteiger partial charge in [-0.1, -0.05) is 18.2 Å². The predicted molar refractivity (Wildman–Crippen MR) is 121 cm³/mol. The molecule has 4 rings (SSSR count). The lowest BCUT2D eigenvalue weighted by atomic mass is 10.1. The van der Waals surface area contributed by atoms with E-state index in [1.54, 1.807) is 30.3 Å². The highest BCUT2D eigenvalue weighted by molar-refractivity contribution is 6.13. The number of halogens is 1. The van der Waals surface area contributed by atoms with Crippen molar-refractivity contribution in [3.63, 3.8) is 0 Å². The second-order valence-corrected chi connectivity index (χ2v) is 7.46. The molecule has 1 aromatic heterocycles. The van der Waals surface area contributed by atoms with E-state index in [-0.39, 0.29) is 36.2 Å². The zero-order valence-corrected chi connectivity index (χ0v) is 18.9. The molecule has 1 aliphatic heterocycles. The second kappa shape index (κ2) is 10.1. The van der Waals surface area contributed by atoms with E-state index in [4.69, 9.17) is 13.9 Å². The molecule has 1 saturated heterocycles. The van der Waals surface area contributed by atoms with Crippen LogP contribution in [0.4, 0.5) is 9.18 Å². The van der Waals surface area contributed by atoms with Crippen molar-refractivity contribution in [2.45, 2.75) is 13.2 Å². The van der Waals surface area contributed by atoms with Crippen LogP contribution in [0.1, 0.15) is 27.4 Å². The highest BCUT2D eigenvalue weighted by Gasteiger charge is 2.34. The molecule has 10 heteroatoms. The number of furan rings is 1. The number of carbonyl (C=O) groups excluding carboxylic acids is 3. The van der Waals surface area contributed by atoms with Crippen LogP contribution in [0, 0.1) is 5.82 Å². The van der Waals surface area contributed by atoms with Crippen LogP contribution in [-0.2, 0) is 22.7 Å². The van der Waals surface area contributed by atoms with Gasteiger partial charge in [0.2, 0.25) is 5.76 Å². The molecule has 1 N–H and O–H groups in total. The number of ether oxygens (including phenoxy) is 3. The van der Waals surface area contributed by atoms with Crippen molar-refractivity contribution < 1.29 is 37.4 Å². The van der Waals surface area contributed by atoms with Gasteiger partial charge in [0.25, 0.3) is 5.91 Å². The first-order chi connectivity index (χ1) is 16.9. The number of esters is 1. The minimum Gasteiger partial charge on any atom is -0.493 e. The average molecular weight is 480 g/mol. The van der Waals surface area contributed by atoms with Crippen molar-refractivity contribution in [2.24, 2.45) is 0 Å². The number of hydrogen-bond donors (Lipinski definition) is 1. The number of amides is 3. The third kappa shape index (κ3) is 5.32. The molecule has 35 heavy (non-hydrogen) atoms. The van der Waals surface area contributed by atoms with Crippen molar-refractivity contribution in [3.8, 4) is 11.5 Å². The molecule has 3 amide bonds. The van der Waals surface area contributed by atoms with Crippen LogP contribution in [0.5, 0.6) is 11.5 Å². The summed E-state index contributed by atoms with van der Waals surface area (Å²) in [6, 6.07) is 13.3. The minimum atomic E-state index is -0.659. The summed E-state index contributed by atoms with van der Waals surface area (Å²) in [5.74, 6) is -0.443. The lowest BCUT2D eigenvalue weighted by Crippen LogP contribution is -2.30. The molecule has 3 aromatic rings. The van der Waals surface area contributed by atoms with E-state index in [0.717, 1.165) is 10.5 Å². The molecule has 0 bridgehead atoms. The Kier molecular flexibility index (Phi) is 6.81. The predicted octanol–water partition coefficient (Wildman–Crippen LogP) is 3.89. The summed E-state index contributed by atoms with van der Waals surface area (Å²) in [4.78, 5) is 37.6. The van der Waals surface area contributed by atoms with Crippen LogP contribution in [0.25, 0.3) is 6.08 Å². The number of benzene rings is 2. The molecule has 180 valence electrons. The van der Waals surface area contributed by atoms with Crippen LogP contribution >= 0.6 is 0 Å². The Labute approximate surface area is 199 Å². The van der Waals surface area contributed by atoms with Crippen LogP contribution in [0.3, 0.4) is 0 Å². The number of imide groups is 1. The normalized spacial score (nSPS) is 14.3. The topological polar surface area (TPSA) is 107 Å². The van der Waals surface area contributed by atoms with Gasteiger partial charge in [-0.25, -0.2) is 14.0 Å². The summed E-state index contributed by atoms with van der Waals surface area (Å²) < 4.78 is 34.1. The molecule has 2 aromatic carbocycles. The van der Waals surface area contributed by atoms with Gasteiger partial charge in [-0.05, 0) is 53.6 Å². The third-order valence-electron chi connectivity index (χ3n) is 5.13. The fraction of sp³-hybridized carbons (Fsp3) is 0.160. The standard InChI is InChI=1S/C25H21FN2O7/c1-32-22-12-16(5-9-20(22)34-14-15-3-6-17(26)7-4-15)11-19-23(29)28(25(31)27-19)13-18-8-10-21(35-18)24(30)33-2/h3-12H,13-14H2,1-2H3,(H,27,31)/b19-11-. The fourth-order valence-electron chi connectivity index (χ4n) is 3.35. The van der Waals surface area contributed by atoms with Gasteiger partial charge in [-0.3, -0.25) is 9.69 Å². The van der Waals surface area contributed by atoms with Crippen molar-refractivity contribution in [3.05, 3.63) is 88.8 Å². The average Bonchev–Trinajstić information content (AvgIpc) is 3.44. The smallest absolute Gasteiger partial charge is 0.373 e. The summed E-state index contributed by atoms with van der Waals surface area (Å²) in [5, 5.41) is 2.53. The fourth-order valence-corrected chi connectivity index (χ4v) is 3.35. The Bertz CT molecular complexity index is 1300. The number of nitrogens with zero attached hydrogens (tertiary/aromatic N) is 1. The third-order valence-corrected chi connectivity index (χ3v) is 5.13. The first-order valence-electron chi connectivity index (χ1n) is 10.4. The van der Waals surface area contributed by atoms with Crippen LogP contribution in [-0.4, -0.2) is 37.0 Å². The van der Waals surface area contributed by atoms with Gasteiger partial charge >= 0.3 is 12.0 Å². The van der Waals surface area contributed by atoms with Crippen molar-refractivity contribution in [1.29, 1.82) is 0 Å². The van der Waals surface area contributed by atoms with Gasteiger partial charge in [0, 0.05) is 0 Å². The van der Waals surface area contributed by atoms with E-state index in [9.17, 15) is 18.8 Å². The monoisotopic (exact) mass is 480 g/mol. The summed E-state index contributed by atoms with van der Waals surface area (Å²) in [6.45, 7) is 0.0591. The van der Waals surface area contributed by atoms with Gasteiger partial charge in [0.1, 0.15) is 23.9 Å². The maximum absolute atomic E-state index is 13.1. The van der Waals surface area contributed by atoms with Crippen molar-refractivity contribution in [1.82, 2.24) is 10.2 Å². The van der Waals surface area contributed by atoms with Crippen LogP contribution in [0.15, 0.2) is 64.7 Å². The maximum atomic E-state index is 13.1. The van der Waals surface area contributed by atoms with Gasteiger partial charge < -0.3 is 23.9 Å². The molecule has 0 radical (unpaired) electrons. The van der Waals surface area contributed by atoms with Gasteiger partial charge in [-0.2, -0.15) is 0 Å². The minimum absolute atomic E-state index is 0.0286. The van der Waals surface area contributed by atoms with E-state index < -0.39 is 17.9 Å². The Morgan fingerprint density at radius 1 is 1.06 bits per heavy atom. The van der Waals surface area contributed by atoms with Crippen molar-refractivity contribution >= 4 is 24.0 Å². The van der Waals surface area contributed by atoms with E-state index in [2.05, 4.69) is 10.1 Å². The molecule has 0 spiro atoms. The Morgan fingerprint density at radius 2 is 1.83 bits per heavy atom. The molecule has 0 atom stereocenters. The molecule has 1 aliphatic rings. The van der Waals surface area contributed by atoms with E-state index >= 15 is 0 Å². The quantitative estimate of drug-likeness (QED) is 0.296. The number of nitrogens with one attached hydrogen (secondary N) is 1. The zero-order valence-electron chi connectivity index (χ0n) is 18.9. The lowest BCUT2D eigenvalue weighted by Gasteiger charge is -2.12. The molecule has 2 heterocycles. The summed E-state index contributed by atoms with van der Waals surface area (Å²) in [7, 11) is 2.70. The highest BCUT2D eigenvalue weighted by atomic mass is 19.1. The lowest BCUT2D eigenvalue weighted by molar-refractivity contribution is -0.123. The molecule has 9 nitrogen and oxygen atoms in total. The summed E-state index contributed by atoms with van der Waals surface area (Å²) >= 11 is 0. The summed E-state index contributed by atoms with van der Waals surface area (Å²) in [6.07, 6.45) is 1.51. The largest absolute Gasteiger partial charge is 0.493 e. The number of urea groups is 1. The highest BCUT2D eigenvalue weighted by Crippen LogP contribution is 2.30. The van der Waals surface area contributed by atoms with Gasteiger partial charge in [0.05, 0.1) is 20.8 Å². The molecule has 0 unspecified atom stereocenters. The van der Waals surface area contributed by atoms with Crippen LogP contribution < -0.4 is 14.8 Å². The number of rotatable bonds is 8. The van der Waals surface area contributed by atoms with Gasteiger partial charge in [-0.15, -0.1) is 0 Å². The number of methoxy groups -OCH3 is 2. The molecule has 1 fully saturated rings. The summed E-state index contributed by atoms with van der Waals surface area (Å²) in [5.41, 5.74) is 1.44. The van der Waals surface area contributed by atoms with Gasteiger partial charge in [0.15, 0.2) is 11.5 Å². The van der Waals surface area contributed by atoms with Crippen molar-refractivity contribution in [2.75, 3.05) is 14.2 Å². The SMILES string of the molecule is COC(=O)c1ccc(CN2C(=O)N/C(=C\c3ccc(OCc4ccc(F)cc4)c(OC)c3)C2=O)o1. The molecule has 0 aliphatic carbocycles.